The van der Waals surface area contributed by atoms with Crippen LogP contribution in [0.2, 0.25) is 0 Å². The molecule has 2 rings (SSSR count). The summed E-state index contributed by atoms with van der Waals surface area (Å²) in [6.45, 7) is 4.17. The van der Waals surface area contributed by atoms with Crippen molar-refractivity contribution >= 4 is 50.5 Å². The predicted molar refractivity (Wildman–Crippen MR) is 115 cm³/mol. The Bertz CT molecular complexity index is 835. The van der Waals surface area contributed by atoms with Crippen molar-refractivity contribution in [3.63, 3.8) is 0 Å². The average molecular weight is 525 g/mol. The molecule has 0 saturated carbocycles. The molecule has 0 bridgehead atoms. The lowest BCUT2D eigenvalue weighted by Crippen LogP contribution is -2.30. The molecule has 26 heavy (non-hydrogen) atoms. The van der Waals surface area contributed by atoms with Gasteiger partial charge in [-0.05, 0) is 81.7 Å². The smallest absolute Gasteiger partial charge is 0.262 e. The van der Waals surface area contributed by atoms with E-state index in [4.69, 9.17) is 4.74 Å². The number of halogens is 2. The molecule has 2 aromatic rings. The Labute approximate surface area is 175 Å². The van der Waals surface area contributed by atoms with Crippen LogP contribution in [-0.2, 0) is 11.4 Å². The molecule has 0 saturated heterocycles. The number of carbonyl (C=O) groups excluding carboxylic acids is 1. The van der Waals surface area contributed by atoms with Gasteiger partial charge in [-0.1, -0.05) is 30.3 Å². The summed E-state index contributed by atoms with van der Waals surface area (Å²) >= 11 is 5.70. The van der Waals surface area contributed by atoms with Gasteiger partial charge in [-0.3, -0.25) is 4.79 Å². The summed E-state index contributed by atoms with van der Waals surface area (Å²) in [4.78, 5) is 12.0. The third-order valence-corrected chi connectivity index (χ3v) is 4.73. The zero-order valence-electron chi connectivity index (χ0n) is 14.4. The monoisotopic (exact) mass is 524 g/mol. The second-order valence-corrected chi connectivity index (χ2v) is 7.90. The SMILES string of the molecule is CC(C)NC(=O)/C(C#N)=C\c1cc(Br)c(OCc2ccccc2)c(I)c1. The van der Waals surface area contributed by atoms with Crippen LogP contribution in [0, 0.1) is 14.9 Å². The van der Waals surface area contributed by atoms with Gasteiger partial charge in [0.05, 0.1) is 8.04 Å². The maximum atomic E-state index is 12.0. The zero-order valence-corrected chi connectivity index (χ0v) is 18.2. The van der Waals surface area contributed by atoms with Gasteiger partial charge in [0, 0.05) is 6.04 Å². The Morgan fingerprint density at radius 3 is 2.62 bits per heavy atom. The Morgan fingerprint density at radius 1 is 1.35 bits per heavy atom. The number of hydrogen-bond acceptors (Lipinski definition) is 3. The minimum absolute atomic E-state index is 0.0279. The standard InChI is InChI=1S/C20H18BrIN2O2/c1-13(2)24-20(25)16(11-23)8-15-9-17(21)19(18(22)10-15)26-12-14-6-4-3-5-7-14/h3-10,13H,12H2,1-2H3,(H,24,25)/b16-8-. The number of hydrogen-bond donors (Lipinski definition) is 1. The predicted octanol–water partition coefficient (Wildman–Crippen LogP) is 5.06. The van der Waals surface area contributed by atoms with Gasteiger partial charge in [0.25, 0.3) is 5.91 Å². The number of carbonyl (C=O) groups is 1. The largest absolute Gasteiger partial charge is 0.487 e. The summed E-state index contributed by atoms with van der Waals surface area (Å²) in [7, 11) is 0. The van der Waals surface area contributed by atoms with E-state index in [1.54, 1.807) is 6.08 Å². The lowest BCUT2D eigenvalue weighted by Gasteiger charge is -2.12. The van der Waals surface area contributed by atoms with Gasteiger partial charge in [-0.15, -0.1) is 0 Å². The third kappa shape index (κ3) is 5.85. The highest BCUT2D eigenvalue weighted by atomic mass is 127. The lowest BCUT2D eigenvalue weighted by atomic mass is 10.1. The van der Waals surface area contributed by atoms with Gasteiger partial charge in [-0.25, -0.2) is 0 Å². The molecule has 0 fully saturated rings. The molecule has 4 nitrogen and oxygen atoms in total. The molecule has 134 valence electrons. The average Bonchev–Trinajstić information content (AvgIpc) is 2.59. The molecule has 0 aliphatic rings. The first-order chi connectivity index (χ1) is 12.4. The summed E-state index contributed by atoms with van der Waals surface area (Å²) in [5.41, 5.74) is 1.90. The van der Waals surface area contributed by atoms with Crippen LogP contribution < -0.4 is 10.1 Å². The molecule has 0 aliphatic carbocycles. The van der Waals surface area contributed by atoms with Gasteiger partial charge in [-0.2, -0.15) is 5.26 Å². The van der Waals surface area contributed by atoms with Crippen molar-refractivity contribution < 1.29 is 9.53 Å². The van der Waals surface area contributed by atoms with Crippen molar-refractivity contribution in [1.82, 2.24) is 5.32 Å². The van der Waals surface area contributed by atoms with E-state index >= 15 is 0 Å². The number of nitrogens with one attached hydrogen (secondary N) is 1. The fraction of sp³-hybridized carbons (Fsp3) is 0.200. The van der Waals surface area contributed by atoms with Crippen LogP contribution in [0.1, 0.15) is 25.0 Å². The number of nitrogens with zero attached hydrogens (tertiary/aromatic N) is 1. The summed E-state index contributed by atoms with van der Waals surface area (Å²) < 4.78 is 7.58. The van der Waals surface area contributed by atoms with Crippen LogP contribution in [0.3, 0.4) is 0 Å². The van der Waals surface area contributed by atoms with E-state index in [0.29, 0.717) is 6.61 Å². The molecule has 6 heteroatoms. The normalized spacial score (nSPS) is 11.2. The molecular weight excluding hydrogens is 507 g/mol. The Kier molecular flexibility index (Phi) is 7.66. The summed E-state index contributed by atoms with van der Waals surface area (Å²) in [6, 6.07) is 15.6. The molecule has 0 aliphatic heterocycles. The molecular formula is C20H18BrIN2O2. The maximum Gasteiger partial charge on any atom is 0.262 e. The number of rotatable bonds is 6. The topological polar surface area (TPSA) is 62.1 Å². The van der Waals surface area contributed by atoms with Gasteiger partial charge in [0.2, 0.25) is 0 Å². The van der Waals surface area contributed by atoms with E-state index in [0.717, 1.165) is 24.9 Å². The number of benzene rings is 2. The first-order valence-electron chi connectivity index (χ1n) is 7.99. The molecule has 0 aromatic heterocycles. The fourth-order valence-corrected chi connectivity index (χ4v) is 3.95. The molecule has 0 radical (unpaired) electrons. The molecule has 0 atom stereocenters. The molecule has 1 amide bonds. The van der Waals surface area contributed by atoms with Crippen molar-refractivity contribution in [3.05, 3.63) is 67.2 Å². The second kappa shape index (κ2) is 9.74. The molecule has 2 aromatic carbocycles. The highest BCUT2D eigenvalue weighted by Gasteiger charge is 2.13. The number of ether oxygens (including phenoxy) is 1. The van der Waals surface area contributed by atoms with Crippen LogP contribution in [0.15, 0.2) is 52.5 Å². The fourth-order valence-electron chi connectivity index (χ4n) is 2.19. The highest BCUT2D eigenvalue weighted by Crippen LogP contribution is 2.33. The van der Waals surface area contributed by atoms with Crippen LogP contribution in [-0.4, -0.2) is 11.9 Å². The number of amides is 1. The zero-order chi connectivity index (χ0) is 19.1. The lowest BCUT2D eigenvalue weighted by molar-refractivity contribution is -0.117. The molecule has 0 unspecified atom stereocenters. The summed E-state index contributed by atoms with van der Waals surface area (Å²) in [5.74, 6) is 0.356. The van der Waals surface area contributed by atoms with Crippen LogP contribution >= 0.6 is 38.5 Å². The quantitative estimate of drug-likeness (QED) is 0.326. The Morgan fingerprint density at radius 2 is 2.04 bits per heavy atom. The van der Waals surface area contributed by atoms with Crippen molar-refractivity contribution in [3.8, 4) is 11.8 Å². The van der Waals surface area contributed by atoms with Crippen LogP contribution in [0.5, 0.6) is 5.75 Å². The Balaban J connectivity index is 2.21. The minimum atomic E-state index is -0.377. The maximum absolute atomic E-state index is 12.0. The van der Waals surface area contributed by atoms with E-state index < -0.39 is 0 Å². The third-order valence-electron chi connectivity index (χ3n) is 3.34. The summed E-state index contributed by atoms with van der Waals surface area (Å²) in [6.07, 6.45) is 1.58. The first kappa shape index (κ1) is 20.5. The number of nitriles is 1. The van der Waals surface area contributed by atoms with Gasteiger partial charge >= 0.3 is 0 Å². The Hall–Kier alpha value is -1.85. The van der Waals surface area contributed by atoms with Crippen LogP contribution in [0.25, 0.3) is 6.08 Å². The molecule has 0 heterocycles. The molecule has 0 spiro atoms. The van der Waals surface area contributed by atoms with E-state index in [2.05, 4.69) is 43.8 Å². The van der Waals surface area contributed by atoms with Crippen LogP contribution in [0.4, 0.5) is 0 Å². The van der Waals surface area contributed by atoms with Crippen molar-refractivity contribution in [2.24, 2.45) is 0 Å². The first-order valence-corrected chi connectivity index (χ1v) is 9.86. The van der Waals surface area contributed by atoms with Gasteiger partial charge < -0.3 is 10.1 Å². The minimum Gasteiger partial charge on any atom is -0.487 e. The van der Waals surface area contributed by atoms with E-state index in [-0.39, 0.29) is 17.5 Å². The van der Waals surface area contributed by atoms with Crippen molar-refractivity contribution in [2.45, 2.75) is 26.5 Å². The highest BCUT2D eigenvalue weighted by molar-refractivity contribution is 14.1. The van der Waals surface area contributed by atoms with E-state index in [1.165, 1.54) is 0 Å². The van der Waals surface area contributed by atoms with Gasteiger partial charge in [0.1, 0.15) is 24.0 Å². The van der Waals surface area contributed by atoms with Gasteiger partial charge in [0.15, 0.2) is 0 Å². The van der Waals surface area contributed by atoms with Crippen molar-refractivity contribution in [2.75, 3.05) is 0 Å². The van der Waals surface area contributed by atoms with Crippen molar-refractivity contribution in [1.29, 1.82) is 5.26 Å². The second-order valence-electron chi connectivity index (χ2n) is 5.89. The molecule has 1 N–H and O–H groups in total. The van der Waals surface area contributed by atoms with E-state index in [9.17, 15) is 10.1 Å². The van der Waals surface area contributed by atoms with E-state index in [1.807, 2.05) is 62.4 Å². The summed E-state index contributed by atoms with van der Waals surface area (Å²) in [5, 5.41) is 12.0.